The molecule has 0 bridgehead atoms. The van der Waals surface area contributed by atoms with Gasteiger partial charge in [0.15, 0.2) is 0 Å². The molecule has 0 aliphatic heterocycles. The van der Waals surface area contributed by atoms with Gasteiger partial charge in [0.2, 0.25) is 0 Å². The monoisotopic (exact) mass is 538 g/mol. The van der Waals surface area contributed by atoms with Crippen LogP contribution >= 0.6 is 0 Å². The highest BCUT2D eigenvalue weighted by Gasteiger charge is 2.29. The Bertz CT molecular complexity index is 1720. The first kappa shape index (κ1) is 26.6. The Labute approximate surface area is 231 Å². The van der Waals surface area contributed by atoms with E-state index in [1.807, 2.05) is 54.6 Å². The minimum atomic E-state index is -0.671. The molecule has 40 heavy (non-hydrogen) atoms. The minimum Gasteiger partial charge on any atom is -0.507 e. The standard InChI is InChI=1S/C32H30N2O6/c1-19-18-26(35)29(32(37)40-19)28(20-12-14-21(38-2)15-13-20)30-23(22-8-4-6-10-25(22)34-30)16-17-33-31(36)24-9-5-7-11-27(24)39-3/h4-15,18,28,34-35H,16-17H2,1-3H3,(H,33,36). The van der Waals surface area contributed by atoms with Crippen molar-refractivity contribution in [1.82, 2.24) is 10.3 Å². The number of benzene rings is 3. The predicted octanol–water partition coefficient (Wildman–Crippen LogP) is 5.31. The predicted molar refractivity (Wildman–Crippen MR) is 153 cm³/mol. The van der Waals surface area contributed by atoms with Crippen molar-refractivity contribution in [2.75, 3.05) is 20.8 Å². The Kier molecular flexibility index (Phi) is 7.59. The highest BCUT2D eigenvalue weighted by molar-refractivity contribution is 5.97. The summed E-state index contributed by atoms with van der Waals surface area (Å²) in [5.41, 5.74) is 3.23. The lowest BCUT2D eigenvalue weighted by molar-refractivity contribution is 0.0951. The smallest absolute Gasteiger partial charge is 0.343 e. The number of rotatable bonds is 9. The fourth-order valence-corrected chi connectivity index (χ4v) is 5.11. The maximum Gasteiger partial charge on any atom is 0.343 e. The summed E-state index contributed by atoms with van der Waals surface area (Å²) < 4.78 is 16.1. The molecular formula is C32H30N2O6. The van der Waals surface area contributed by atoms with Crippen LogP contribution in [0, 0.1) is 6.92 Å². The fourth-order valence-electron chi connectivity index (χ4n) is 5.11. The largest absolute Gasteiger partial charge is 0.507 e. The van der Waals surface area contributed by atoms with Gasteiger partial charge in [-0.15, -0.1) is 0 Å². The number of carbonyl (C=O) groups is 1. The molecule has 0 aliphatic rings. The first-order valence-electron chi connectivity index (χ1n) is 12.9. The maximum atomic E-state index is 13.2. The lowest BCUT2D eigenvalue weighted by Crippen LogP contribution is -2.26. The highest BCUT2D eigenvalue weighted by Crippen LogP contribution is 2.39. The number of amides is 1. The molecule has 3 aromatic carbocycles. The molecular weight excluding hydrogens is 508 g/mol. The Hall–Kier alpha value is -4.98. The van der Waals surface area contributed by atoms with Crippen LogP contribution in [-0.2, 0) is 6.42 Å². The summed E-state index contributed by atoms with van der Waals surface area (Å²) in [6.45, 7) is 1.95. The summed E-state index contributed by atoms with van der Waals surface area (Å²) >= 11 is 0. The van der Waals surface area contributed by atoms with E-state index in [1.54, 1.807) is 32.2 Å². The van der Waals surface area contributed by atoms with E-state index in [-0.39, 0.29) is 17.2 Å². The van der Waals surface area contributed by atoms with Gasteiger partial charge in [0.25, 0.3) is 5.91 Å². The van der Waals surface area contributed by atoms with Crippen LogP contribution in [0.3, 0.4) is 0 Å². The van der Waals surface area contributed by atoms with Crippen LogP contribution in [0.15, 0.2) is 88.1 Å². The van der Waals surface area contributed by atoms with Gasteiger partial charge in [0.05, 0.1) is 31.3 Å². The summed E-state index contributed by atoms with van der Waals surface area (Å²) in [7, 11) is 3.11. The second kappa shape index (κ2) is 11.4. The van der Waals surface area contributed by atoms with Gasteiger partial charge in [-0.05, 0) is 54.8 Å². The average Bonchev–Trinajstić information content (AvgIpc) is 3.32. The van der Waals surface area contributed by atoms with Crippen molar-refractivity contribution < 1.29 is 23.8 Å². The zero-order valence-electron chi connectivity index (χ0n) is 22.5. The summed E-state index contributed by atoms with van der Waals surface area (Å²) in [5.74, 6) is 0.407. The van der Waals surface area contributed by atoms with Crippen molar-refractivity contribution in [3.8, 4) is 17.2 Å². The number of hydrogen-bond acceptors (Lipinski definition) is 6. The molecule has 0 spiro atoms. The van der Waals surface area contributed by atoms with Crippen molar-refractivity contribution in [3.63, 3.8) is 0 Å². The van der Waals surface area contributed by atoms with Crippen molar-refractivity contribution in [1.29, 1.82) is 0 Å². The number of aromatic hydroxyl groups is 1. The topological polar surface area (TPSA) is 114 Å². The van der Waals surface area contributed by atoms with E-state index in [0.29, 0.717) is 35.8 Å². The van der Waals surface area contributed by atoms with E-state index < -0.39 is 11.5 Å². The molecule has 3 N–H and O–H groups in total. The first-order chi connectivity index (χ1) is 19.4. The van der Waals surface area contributed by atoms with Gasteiger partial charge < -0.3 is 29.3 Å². The highest BCUT2D eigenvalue weighted by atomic mass is 16.5. The number of methoxy groups -OCH3 is 2. The normalized spacial score (nSPS) is 11.8. The summed E-state index contributed by atoms with van der Waals surface area (Å²) in [6, 6.07) is 23.7. The molecule has 1 amide bonds. The average molecular weight is 539 g/mol. The maximum absolute atomic E-state index is 13.2. The number of aromatic amines is 1. The molecule has 204 valence electrons. The zero-order chi connectivity index (χ0) is 28.2. The van der Waals surface area contributed by atoms with Crippen molar-refractivity contribution in [2.24, 2.45) is 0 Å². The third kappa shape index (κ3) is 5.16. The molecule has 2 heterocycles. The molecule has 0 radical (unpaired) electrons. The van der Waals surface area contributed by atoms with E-state index in [4.69, 9.17) is 13.9 Å². The van der Waals surface area contributed by atoms with E-state index >= 15 is 0 Å². The van der Waals surface area contributed by atoms with E-state index in [0.717, 1.165) is 27.7 Å². The Morgan fingerprint density at radius 1 is 1.00 bits per heavy atom. The van der Waals surface area contributed by atoms with E-state index in [2.05, 4.69) is 10.3 Å². The molecule has 8 heteroatoms. The second-order valence-corrected chi connectivity index (χ2v) is 9.42. The number of carbonyl (C=O) groups excluding carboxylic acids is 1. The number of nitrogens with one attached hydrogen (secondary N) is 2. The van der Waals surface area contributed by atoms with Gasteiger partial charge in [-0.3, -0.25) is 4.79 Å². The van der Waals surface area contributed by atoms with Crippen molar-refractivity contribution in [3.05, 3.63) is 123 Å². The zero-order valence-corrected chi connectivity index (χ0v) is 22.5. The Balaban J connectivity index is 1.59. The van der Waals surface area contributed by atoms with Crippen LogP contribution in [0.1, 0.15) is 44.4 Å². The van der Waals surface area contributed by atoms with Gasteiger partial charge in [-0.25, -0.2) is 4.79 Å². The number of fused-ring (bicyclic) bond motifs is 1. The summed E-state index contributed by atoms with van der Waals surface area (Å²) in [5, 5.41) is 14.9. The number of para-hydroxylation sites is 2. The van der Waals surface area contributed by atoms with Crippen LogP contribution in [-0.4, -0.2) is 36.8 Å². The van der Waals surface area contributed by atoms with Gasteiger partial charge in [0.1, 0.15) is 23.0 Å². The molecule has 0 fully saturated rings. The lowest BCUT2D eigenvalue weighted by Gasteiger charge is -2.20. The van der Waals surface area contributed by atoms with Gasteiger partial charge >= 0.3 is 5.63 Å². The van der Waals surface area contributed by atoms with Crippen LogP contribution < -0.4 is 20.4 Å². The molecule has 0 saturated heterocycles. The second-order valence-electron chi connectivity index (χ2n) is 9.42. The van der Waals surface area contributed by atoms with Gasteiger partial charge in [0, 0.05) is 29.2 Å². The first-order valence-corrected chi connectivity index (χ1v) is 12.9. The molecule has 2 aromatic heterocycles. The molecule has 1 atom stereocenters. The third-order valence-corrected chi connectivity index (χ3v) is 6.97. The lowest BCUT2D eigenvalue weighted by atomic mass is 9.86. The van der Waals surface area contributed by atoms with Crippen LogP contribution in [0.4, 0.5) is 0 Å². The molecule has 0 aliphatic carbocycles. The summed E-state index contributed by atoms with van der Waals surface area (Å²) in [6.07, 6.45) is 0.463. The molecule has 0 saturated carbocycles. The van der Waals surface area contributed by atoms with Gasteiger partial charge in [-0.2, -0.15) is 0 Å². The quantitative estimate of drug-likeness (QED) is 0.235. The van der Waals surface area contributed by atoms with Crippen LogP contribution in [0.5, 0.6) is 17.2 Å². The number of aromatic nitrogens is 1. The Morgan fingerprint density at radius 2 is 1.73 bits per heavy atom. The van der Waals surface area contributed by atoms with Gasteiger partial charge in [-0.1, -0.05) is 42.5 Å². The van der Waals surface area contributed by atoms with Crippen LogP contribution in [0.2, 0.25) is 0 Å². The van der Waals surface area contributed by atoms with E-state index in [1.165, 1.54) is 13.2 Å². The molecule has 5 rings (SSSR count). The van der Waals surface area contributed by atoms with E-state index in [9.17, 15) is 14.7 Å². The number of aryl methyl sites for hydroxylation is 1. The molecule has 5 aromatic rings. The van der Waals surface area contributed by atoms with Crippen molar-refractivity contribution >= 4 is 16.8 Å². The minimum absolute atomic E-state index is 0.127. The van der Waals surface area contributed by atoms with Crippen LogP contribution in [0.25, 0.3) is 10.9 Å². The number of H-pyrrole nitrogens is 1. The SMILES string of the molecule is COc1ccc(C(c2[nH]c3ccccc3c2CCNC(=O)c2ccccc2OC)c2c(O)cc(C)oc2=O)cc1. The third-order valence-electron chi connectivity index (χ3n) is 6.97. The van der Waals surface area contributed by atoms with Crippen molar-refractivity contribution in [2.45, 2.75) is 19.3 Å². The fraction of sp³-hybridized carbons (Fsp3) is 0.188. The molecule has 1 unspecified atom stereocenters. The number of hydrogen-bond donors (Lipinski definition) is 3. The number of ether oxygens (including phenoxy) is 2. The molecule has 8 nitrogen and oxygen atoms in total. The summed E-state index contributed by atoms with van der Waals surface area (Å²) in [4.78, 5) is 29.6. The Morgan fingerprint density at radius 3 is 2.45 bits per heavy atom.